The predicted molar refractivity (Wildman–Crippen MR) is 91.4 cm³/mol. The van der Waals surface area contributed by atoms with Crippen molar-refractivity contribution in [2.75, 3.05) is 18.0 Å². The number of hydrogen-bond acceptors (Lipinski definition) is 7. The molecule has 0 amide bonds. The number of carbonyl (C=O) groups is 1. The molecular weight excluding hydrogens is 318 g/mol. The zero-order chi connectivity index (χ0) is 17.2. The van der Waals surface area contributed by atoms with Crippen LogP contribution in [0.25, 0.3) is 16.8 Å². The lowest BCUT2D eigenvalue weighted by Crippen LogP contribution is -2.34. The van der Waals surface area contributed by atoms with Gasteiger partial charge in [0.15, 0.2) is 5.82 Å². The van der Waals surface area contributed by atoms with Gasteiger partial charge in [-0.05, 0) is 35.0 Å². The summed E-state index contributed by atoms with van der Waals surface area (Å²) >= 11 is 0. The Balaban J connectivity index is 1.52. The lowest BCUT2D eigenvalue weighted by Gasteiger charge is -2.25. The molecule has 126 valence electrons. The zero-order valence-corrected chi connectivity index (χ0v) is 13.8. The van der Waals surface area contributed by atoms with Gasteiger partial charge in [-0.1, -0.05) is 12.1 Å². The number of benzene rings is 1. The standard InChI is InChI=1S/C17H17N7O/c1-12-20-21-22-24(12)15-4-2-13(3-5-15)14-10-18-17(19-11-14)23-8-6-16(25)7-9-23/h2-5,10-11H,6-9H2,1H3. The summed E-state index contributed by atoms with van der Waals surface area (Å²) in [5.41, 5.74) is 2.87. The number of tetrazole rings is 1. The molecule has 0 radical (unpaired) electrons. The van der Waals surface area contributed by atoms with Gasteiger partial charge in [-0.25, -0.2) is 9.97 Å². The highest BCUT2D eigenvalue weighted by atomic mass is 16.1. The molecule has 0 unspecified atom stereocenters. The van der Waals surface area contributed by atoms with E-state index < -0.39 is 0 Å². The minimum Gasteiger partial charge on any atom is -0.340 e. The highest BCUT2D eigenvalue weighted by Gasteiger charge is 2.18. The summed E-state index contributed by atoms with van der Waals surface area (Å²) in [4.78, 5) is 22.3. The maximum Gasteiger partial charge on any atom is 0.225 e. The minimum atomic E-state index is 0.311. The van der Waals surface area contributed by atoms with Crippen molar-refractivity contribution in [3.8, 4) is 16.8 Å². The summed E-state index contributed by atoms with van der Waals surface area (Å²) in [5, 5.41) is 11.5. The molecule has 2 aromatic heterocycles. The summed E-state index contributed by atoms with van der Waals surface area (Å²) in [6.45, 7) is 3.24. The van der Waals surface area contributed by atoms with Crippen LogP contribution in [0.3, 0.4) is 0 Å². The van der Waals surface area contributed by atoms with Gasteiger partial charge in [0.2, 0.25) is 5.95 Å². The molecular formula is C17H17N7O. The monoisotopic (exact) mass is 335 g/mol. The maximum absolute atomic E-state index is 11.3. The Morgan fingerprint density at radius 2 is 1.64 bits per heavy atom. The molecule has 0 saturated carbocycles. The first-order chi connectivity index (χ1) is 12.2. The van der Waals surface area contributed by atoms with Crippen LogP contribution in [0.2, 0.25) is 0 Å². The van der Waals surface area contributed by atoms with E-state index in [1.54, 1.807) is 4.68 Å². The van der Waals surface area contributed by atoms with Gasteiger partial charge in [0.05, 0.1) is 5.69 Å². The van der Waals surface area contributed by atoms with Gasteiger partial charge in [0.1, 0.15) is 5.78 Å². The van der Waals surface area contributed by atoms with Gasteiger partial charge >= 0.3 is 0 Å². The lowest BCUT2D eigenvalue weighted by atomic mass is 10.1. The van der Waals surface area contributed by atoms with Gasteiger partial charge in [-0.15, -0.1) is 5.10 Å². The summed E-state index contributed by atoms with van der Waals surface area (Å²) in [6.07, 6.45) is 4.78. The van der Waals surface area contributed by atoms with E-state index in [2.05, 4.69) is 30.4 Å². The fourth-order valence-electron chi connectivity index (χ4n) is 2.86. The second-order valence-electron chi connectivity index (χ2n) is 5.98. The van der Waals surface area contributed by atoms with E-state index in [-0.39, 0.29) is 0 Å². The van der Waals surface area contributed by atoms with E-state index in [4.69, 9.17) is 0 Å². The summed E-state index contributed by atoms with van der Waals surface area (Å²) < 4.78 is 1.68. The van der Waals surface area contributed by atoms with Crippen molar-refractivity contribution in [3.05, 3.63) is 42.5 Å². The molecule has 3 heterocycles. The minimum absolute atomic E-state index is 0.311. The van der Waals surface area contributed by atoms with E-state index in [1.807, 2.05) is 43.6 Å². The molecule has 0 aliphatic carbocycles. The fraction of sp³-hybridized carbons (Fsp3) is 0.294. The molecule has 1 saturated heterocycles. The fourth-order valence-corrected chi connectivity index (χ4v) is 2.86. The van der Waals surface area contributed by atoms with Crippen LogP contribution in [0.15, 0.2) is 36.7 Å². The Labute approximate surface area is 144 Å². The molecule has 1 aliphatic rings. The molecule has 0 bridgehead atoms. The van der Waals surface area contributed by atoms with Crippen LogP contribution < -0.4 is 4.90 Å². The lowest BCUT2D eigenvalue weighted by molar-refractivity contribution is -0.119. The number of aryl methyl sites for hydroxylation is 1. The number of piperidine rings is 1. The summed E-state index contributed by atoms with van der Waals surface area (Å²) in [5.74, 6) is 1.73. The topological polar surface area (TPSA) is 89.7 Å². The Kier molecular flexibility index (Phi) is 3.93. The molecule has 3 aromatic rings. The van der Waals surface area contributed by atoms with E-state index in [1.165, 1.54) is 0 Å². The Bertz CT molecular complexity index is 876. The highest BCUT2D eigenvalue weighted by Crippen LogP contribution is 2.21. The number of rotatable bonds is 3. The van der Waals surface area contributed by atoms with Crippen LogP contribution in [-0.4, -0.2) is 49.0 Å². The second-order valence-corrected chi connectivity index (χ2v) is 5.98. The van der Waals surface area contributed by atoms with Crippen molar-refractivity contribution in [3.63, 3.8) is 0 Å². The van der Waals surface area contributed by atoms with Crippen LogP contribution in [0, 0.1) is 6.92 Å². The van der Waals surface area contributed by atoms with Crippen LogP contribution in [0.5, 0.6) is 0 Å². The van der Waals surface area contributed by atoms with E-state index in [0.29, 0.717) is 37.7 Å². The molecule has 0 spiro atoms. The third-order valence-electron chi connectivity index (χ3n) is 4.31. The average molecular weight is 335 g/mol. The third kappa shape index (κ3) is 3.10. The molecule has 8 nitrogen and oxygen atoms in total. The number of nitrogens with zero attached hydrogens (tertiary/aromatic N) is 7. The van der Waals surface area contributed by atoms with Gasteiger partial charge in [-0.3, -0.25) is 4.79 Å². The summed E-state index contributed by atoms with van der Waals surface area (Å²) in [7, 11) is 0. The molecule has 8 heteroatoms. The number of aromatic nitrogens is 6. The van der Waals surface area contributed by atoms with Crippen LogP contribution in [-0.2, 0) is 4.79 Å². The molecule has 1 fully saturated rings. The van der Waals surface area contributed by atoms with Crippen molar-refractivity contribution in [1.82, 2.24) is 30.2 Å². The molecule has 1 aromatic carbocycles. The maximum atomic E-state index is 11.3. The zero-order valence-electron chi connectivity index (χ0n) is 13.8. The van der Waals surface area contributed by atoms with Crippen LogP contribution in [0.1, 0.15) is 18.7 Å². The number of ketones is 1. The van der Waals surface area contributed by atoms with Crippen molar-refractivity contribution < 1.29 is 4.79 Å². The van der Waals surface area contributed by atoms with Gasteiger partial charge in [-0.2, -0.15) is 4.68 Å². The van der Waals surface area contributed by atoms with Gasteiger partial charge in [0, 0.05) is 43.9 Å². The molecule has 0 N–H and O–H groups in total. The highest BCUT2D eigenvalue weighted by molar-refractivity contribution is 5.80. The smallest absolute Gasteiger partial charge is 0.225 e. The number of carbonyl (C=O) groups excluding carboxylic acids is 1. The van der Waals surface area contributed by atoms with Crippen molar-refractivity contribution in [2.45, 2.75) is 19.8 Å². The predicted octanol–water partition coefficient (Wildman–Crippen LogP) is 1.60. The number of anilines is 1. The first-order valence-corrected chi connectivity index (χ1v) is 8.15. The van der Waals surface area contributed by atoms with Crippen molar-refractivity contribution in [1.29, 1.82) is 0 Å². The largest absolute Gasteiger partial charge is 0.340 e. The first-order valence-electron chi connectivity index (χ1n) is 8.15. The van der Waals surface area contributed by atoms with E-state index in [0.717, 1.165) is 22.6 Å². The SMILES string of the molecule is Cc1nnnn1-c1ccc(-c2cnc(N3CCC(=O)CC3)nc2)cc1. The first kappa shape index (κ1) is 15.4. The Morgan fingerprint density at radius 3 is 2.24 bits per heavy atom. The van der Waals surface area contributed by atoms with Gasteiger partial charge in [0.25, 0.3) is 0 Å². The molecule has 25 heavy (non-hydrogen) atoms. The van der Waals surface area contributed by atoms with Gasteiger partial charge < -0.3 is 4.90 Å². The molecule has 0 atom stereocenters. The average Bonchev–Trinajstić information content (AvgIpc) is 3.09. The Hall–Kier alpha value is -3.16. The second kappa shape index (κ2) is 6.39. The molecule has 4 rings (SSSR count). The van der Waals surface area contributed by atoms with E-state index in [9.17, 15) is 4.79 Å². The van der Waals surface area contributed by atoms with Crippen molar-refractivity contribution in [2.24, 2.45) is 0 Å². The Morgan fingerprint density at radius 1 is 0.960 bits per heavy atom. The molecule has 1 aliphatic heterocycles. The summed E-state index contributed by atoms with van der Waals surface area (Å²) in [6, 6.07) is 7.91. The normalized spacial score (nSPS) is 14.8. The number of hydrogen-bond donors (Lipinski definition) is 0. The van der Waals surface area contributed by atoms with Crippen LogP contribution >= 0.6 is 0 Å². The van der Waals surface area contributed by atoms with E-state index >= 15 is 0 Å². The number of Topliss-reactive ketones (excluding diaryl/α,β-unsaturated/α-hetero) is 1. The quantitative estimate of drug-likeness (QED) is 0.718. The van der Waals surface area contributed by atoms with Crippen molar-refractivity contribution >= 4 is 11.7 Å². The third-order valence-corrected chi connectivity index (χ3v) is 4.31. The van der Waals surface area contributed by atoms with Crippen LogP contribution in [0.4, 0.5) is 5.95 Å².